The predicted molar refractivity (Wildman–Crippen MR) is 93.7 cm³/mol. The van der Waals surface area contributed by atoms with E-state index in [4.69, 9.17) is 14.2 Å². The lowest BCUT2D eigenvalue weighted by Gasteiger charge is -2.60. The zero-order valence-corrected chi connectivity index (χ0v) is 16.2. The lowest BCUT2D eigenvalue weighted by molar-refractivity contribution is -0.373. The summed E-state index contributed by atoms with van der Waals surface area (Å²) in [4.78, 5) is 0. The van der Waals surface area contributed by atoms with Crippen LogP contribution in [0.4, 0.5) is 0 Å². The molecule has 3 saturated heterocycles. The first kappa shape index (κ1) is 25.1. The molecule has 3 fully saturated rings. The highest BCUT2D eigenvalue weighted by molar-refractivity contribution is 5.24. The molecule has 0 aromatic heterocycles. The van der Waals surface area contributed by atoms with Crippen molar-refractivity contribution >= 4 is 0 Å². The van der Waals surface area contributed by atoms with E-state index in [9.17, 15) is 56.2 Å². The third-order valence-electron chi connectivity index (χ3n) is 6.31. The van der Waals surface area contributed by atoms with E-state index >= 15 is 0 Å². The third-order valence-corrected chi connectivity index (χ3v) is 6.31. The fourth-order valence-electron chi connectivity index (χ4n) is 4.37. The Hall–Kier alpha value is -0.560. The van der Waals surface area contributed by atoms with Crippen LogP contribution in [0.5, 0.6) is 0 Å². The fourth-order valence-corrected chi connectivity index (χ4v) is 4.37. The van der Waals surface area contributed by atoms with Crippen LogP contribution in [0.3, 0.4) is 0 Å². The number of aliphatic hydroxyl groups excluding tert-OH is 9. The highest BCUT2D eigenvalue weighted by Gasteiger charge is 2.72. The first-order valence-electron chi connectivity index (χ1n) is 9.65. The molecule has 3 rings (SSSR count). The number of aliphatic hydroxyl groups is 11. The van der Waals surface area contributed by atoms with Gasteiger partial charge in [0, 0.05) is 0 Å². The lowest BCUT2D eigenvalue weighted by Crippen LogP contribution is -2.83. The van der Waals surface area contributed by atoms with Crippen molar-refractivity contribution < 1.29 is 70.4 Å². The van der Waals surface area contributed by atoms with Crippen LogP contribution in [-0.4, -0.2) is 154 Å². The van der Waals surface area contributed by atoms with Gasteiger partial charge in [0.15, 0.2) is 11.2 Å². The topological polar surface area (TPSA) is 250 Å². The number of ether oxygens (including phenoxy) is 3. The summed E-state index contributed by atoms with van der Waals surface area (Å²) in [6.45, 7) is -1.87. The Morgan fingerprint density at radius 1 is 0.742 bits per heavy atom. The molecule has 14 nitrogen and oxygen atoms in total. The van der Waals surface area contributed by atoms with Crippen molar-refractivity contribution in [2.45, 2.75) is 78.3 Å². The van der Waals surface area contributed by atoms with Crippen LogP contribution >= 0.6 is 0 Å². The largest absolute Gasteiger partial charge is 0.394 e. The second-order valence-electron chi connectivity index (χ2n) is 8.12. The molecule has 0 bridgehead atoms. The normalized spacial score (nSPS) is 56.4. The van der Waals surface area contributed by atoms with E-state index in [0.717, 1.165) is 0 Å². The molecule has 3 aliphatic heterocycles. The maximum Gasteiger partial charge on any atom is 0.156 e. The molecule has 0 aromatic rings. The third kappa shape index (κ3) is 3.70. The summed E-state index contributed by atoms with van der Waals surface area (Å²) in [5.41, 5.74) is -6.06. The average Bonchev–Trinajstić information content (AvgIpc) is 2.74. The highest BCUT2D eigenvalue weighted by atomic mass is 16.6. The lowest BCUT2D eigenvalue weighted by atomic mass is 9.64. The van der Waals surface area contributed by atoms with Gasteiger partial charge >= 0.3 is 0 Å². The molecule has 3 heterocycles. The quantitative estimate of drug-likeness (QED) is 0.188. The van der Waals surface area contributed by atoms with Gasteiger partial charge in [-0.25, -0.2) is 0 Å². The van der Waals surface area contributed by atoms with Crippen LogP contribution in [0, 0.1) is 6.61 Å². The van der Waals surface area contributed by atoms with E-state index in [-0.39, 0.29) is 0 Å². The molecule has 13 atom stereocenters. The van der Waals surface area contributed by atoms with Gasteiger partial charge in [-0.1, -0.05) is 0 Å². The smallest absolute Gasteiger partial charge is 0.156 e. The van der Waals surface area contributed by atoms with Gasteiger partial charge in [-0.2, -0.15) is 0 Å². The van der Waals surface area contributed by atoms with Gasteiger partial charge in [-0.15, -0.1) is 0 Å². The summed E-state index contributed by atoms with van der Waals surface area (Å²) in [6.07, 6.45) is -20.8. The van der Waals surface area contributed by atoms with E-state index in [2.05, 4.69) is 0 Å². The Morgan fingerprint density at radius 3 is 1.90 bits per heavy atom. The molecule has 0 aromatic carbocycles. The van der Waals surface area contributed by atoms with Gasteiger partial charge in [0.25, 0.3) is 0 Å². The summed E-state index contributed by atoms with van der Waals surface area (Å²) in [5.74, 6) is 0. The number of rotatable bonds is 4. The van der Waals surface area contributed by atoms with Crippen molar-refractivity contribution in [1.82, 2.24) is 0 Å². The highest BCUT2D eigenvalue weighted by Crippen LogP contribution is 2.47. The molecular formula is C17H29O14. The molecule has 1 radical (unpaired) electrons. The molecule has 1 unspecified atom stereocenters. The van der Waals surface area contributed by atoms with Crippen LogP contribution < -0.4 is 0 Å². The van der Waals surface area contributed by atoms with Crippen molar-refractivity contribution in [3.8, 4) is 0 Å². The number of hydrogen-bond acceptors (Lipinski definition) is 14. The molecule has 181 valence electrons. The molecule has 31 heavy (non-hydrogen) atoms. The first-order valence-corrected chi connectivity index (χ1v) is 9.65. The molecule has 0 spiro atoms. The Morgan fingerprint density at radius 2 is 1.32 bits per heavy atom. The van der Waals surface area contributed by atoms with Gasteiger partial charge in [-0.05, 0) is 0 Å². The Labute approximate surface area is 176 Å². The molecular weight excluding hydrogens is 428 g/mol. The second kappa shape index (κ2) is 9.00. The van der Waals surface area contributed by atoms with Crippen molar-refractivity contribution in [2.75, 3.05) is 19.8 Å². The Balaban J connectivity index is 2.08. The molecule has 0 aliphatic carbocycles. The van der Waals surface area contributed by atoms with E-state index in [0.29, 0.717) is 6.61 Å². The maximum atomic E-state index is 11.6. The predicted octanol–water partition coefficient (Wildman–Crippen LogP) is -7.31. The minimum atomic E-state index is -3.10. The molecule has 11 N–H and O–H groups in total. The van der Waals surface area contributed by atoms with Crippen LogP contribution in [0.25, 0.3) is 0 Å². The van der Waals surface area contributed by atoms with Crippen molar-refractivity contribution in [3.05, 3.63) is 6.61 Å². The molecule has 0 amide bonds. The number of hydrogen-bond donors (Lipinski definition) is 11. The van der Waals surface area contributed by atoms with Gasteiger partial charge in [-0.3, -0.25) is 0 Å². The summed E-state index contributed by atoms with van der Waals surface area (Å²) >= 11 is 0. The summed E-state index contributed by atoms with van der Waals surface area (Å²) in [5, 5.41) is 113. The standard InChI is InChI=1S/C17H29O14/c18-1-6-9(22)10(23)12(25)15(31-6)17(28)13(26)7(2-19)30-4-16(17,27)14-11(24)8(21)5(20)3-29-14/h4-15,18-28H,1-3H2/t5-,6+,7-,8+,9+,10-,11-,12+,13-,14?,15+,16-,17-/m1/s1. The monoisotopic (exact) mass is 457 g/mol. The van der Waals surface area contributed by atoms with Crippen molar-refractivity contribution in [3.63, 3.8) is 0 Å². The average molecular weight is 457 g/mol. The molecule has 14 heteroatoms. The van der Waals surface area contributed by atoms with Gasteiger partial charge in [0.1, 0.15) is 73.8 Å². The van der Waals surface area contributed by atoms with Gasteiger partial charge in [0.2, 0.25) is 0 Å². The Kier molecular flexibility index (Phi) is 7.28. The van der Waals surface area contributed by atoms with E-state index in [1.54, 1.807) is 0 Å². The Bertz CT molecular complexity index is 622. The summed E-state index contributed by atoms with van der Waals surface area (Å²) in [7, 11) is 0. The summed E-state index contributed by atoms with van der Waals surface area (Å²) in [6, 6.07) is 0. The zero-order valence-electron chi connectivity index (χ0n) is 16.2. The van der Waals surface area contributed by atoms with Gasteiger partial charge < -0.3 is 70.4 Å². The van der Waals surface area contributed by atoms with E-state index < -0.39 is 98.2 Å². The van der Waals surface area contributed by atoms with Gasteiger partial charge in [0.05, 0.1) is 19.8 Å². The van der Waals surface area contributed by atoms with Crippen molar-refractivity contribution in [2.24, 2.45) is 0 Å². The van der Waals surface area contributed by atoms with Crippen LogP contribution in [-0.2, 0) is 14.2 Å². The van der Waals surface area contributed by atoms with Crippen molar-refractivity contribution in [1.29, 1.82) is 0 Å². The SMILES string of the molecule is OC[C@@H]1O[C@H]([C@]2(O)[C@H](O)[C@@H](CO)O[CH][C@@]2(O)C2OC[C@@H](O)[C@H](O)[C@H]2O)[C@@H](O)[C@H](O)[C@H]1O. The van der Waals surface area contributed by atoms with E-state index in [1.165, 1.54) is 0 Å². The minimum absolute atomic E-state index is 0.514. The van der Waals surface area contributed by atoms with E-state index in [1.807, 2.05) is 0 Å². The zero-order chi connectivity index (χ0) is 23.3. The van der Waals surface area contributed by atoms with Crippen LogP contribution in [0.15, 0.2) is 0 Å². The maximum absolute atomic E-state index is 11.6. The summed E-state index contributed by atoms with van der Waals surface area (Å²) < 4.78 is 15.6. The van der Waals surface area contributed by atoms with Crippen LogP contribution in [0.1, 0.15) is 0 Å². The second-order valence-corrected chi connectivity index (χ2v) is 8.12. The minimum Gasteiger partial charge on any atom is -0.394 e. The first-order chi connectivity index (χ1) is 14.4. The fraction of sp³-hybridized carbons (Fsp3) is 0.941. The molecule has 3 aliphatic rings. The molecule has 0 saturated carbocycles. The van der Waals surface area contributed by atoms with Crippen LogP contribution in [0.2, 0.25) is 0 Å².